The highest BCUT2D eigenvalue weighted by Gasteiger charge is 2.04. The Kier molecular flexibility index (Phi) is 18.6. The quantitative estimate of drug-likeness (QED) is 0.340. The van der Waals surface area contributed by atoms with Crippen molar-refractivity contribution in [1.29, 1.82) is 0 Å². The van der Waals surface area contributed by atoms with Crippen molar-refractivity contribution in [3.63, 3.8) is 0 Å². The zero-order valence-electron chi connectivity index (χ0n) is 20.8. The Balaban J connectivity index is 0. The monoisotopic (exact) mass is 466 g/mol. The van der Waals surface area contributed by atoms with Crippen LogP contribution in [0.25, 0.3) is 28.1 Å². The van der Waals surface area contributed by atoms with Gasteiger partial charge in [0.1, 0.15) is 6.29 Å². The summed E-state index contributed by atoms with van der Waals surface area (Å²) < 4.78 is 0. The van der Waals surface area contributed by atoms with Crippen molar-refractivity contribution < 1.29 is 19.2 Å². The predicted molar refractivity (Wildman–Crippen MR) is 141 cm³/mol. The van der Waals surface area contributed by atoms with Crippen molar-refractivity contribution in [2.45, 2.75) is 48.0 Å². The summed E-state index contributed by atoms with van der Waals surface area (Å²) >= 11 is 0. The minimum absolute atomic E-state index is 0.0166. The summed E-state index contributed by atoms with van der Waals surface area (Å²) in [7, 11) is 0. The van der Waals surface area contributed by atoms with Crippen LogP contribution in [0.2, 0.25) is 0 Å². The molecule has 0 fully saturated rings. The molecule has 2 aromatic carbocycles. The SMILES string of the molecule is C=c1[nH]c(=O)c2cccc3cccc1c32.CC.CC.CC(=O)C=NC=O.CCC(=O)/C=C\C=O. The maximum absolute atomic E-state index is 11.7. The van der Waals surface area contributed by atoms with Gasteiger partial charge in [0.05, 0.1) is 6.21 Å². The van der Waals surface area contributed by atoms with Crippen LogP contribution in [0.3, 0.4) is 0 Å². The average molecular weight is 467 g/mol. The van der Waals surface area contributed by atoms with Crippen LogP contribution >= 0.6 is 0 Å². The second-order valence-corrected chi connectivity index (χ2v) is 5.95. The number of aliphatic imine (C=N–C) groups is 1. The minimum Gasteiger partial charge on any atom is -0.322 e. The number of benzene rings is 2. The van der Waals surface area contributed by atoms with Gasteiger partial charge < -0.3 is 4.98 Å². The van der Waals surface area contributed by atoms with Gasteiger partial charge in [-0.3, -0.25) is 24.0 Å². The van der Waals surface area contributed by atoms with Gasteiger partial charge in [-0.25, -0.2) is 4.99 Å². The number of aldehydes is 1. The van der Waals surface area contributed by atoms with E-state index in [1.54, 1.807) is 6.92 Å². The number of rotatable bonds is 5. The van der Waals surface area contributed by atoms with E-state index < -0.39 is 0 Å². The number of hydrogen-bond donors (Lipinski definition) is 1. The number of amides is 1. The average Bonchev–Trinajstić information content (AvgIpc) is 2.87. The maximum Gasteiger partial charge on any atom is 0.256 e. The van der Waals surface area contributed by atoms with Gasteiger partial charge in [-0.05, 0) is 23.6 Å². The second-order valence-electron chi connectivity index (χ2n) is 5.95. The lowest BCUT2D eigenvalue weighted by atomic mass is 10.0. The van der Waals surface area contributed by atoms with Crippen molar-refractivity contribution in [2.24, 2.45) is 4.99 Å². The smallest absolute Gasteiger partial charge is 0.256 e. The third kappa shape index (κ3) is 11.6. The molecule has 1 amide bonds. The van der Waals surface area contributed by atoms with Gasteiger partial charge in [-0.15, -0.1) is 0 Å². The summed E-state index contributed by atoms with van der Waals surface area (Å²) in [6.07, 6.45) is 4.81. The van der Waals surface area contributed by atoms with Crippen LogP contribution in [0.1, 0.15) is 48.0 Å². The predicted octanol–water partition coefficient (Wildman–Crippen LogP) is 4.39. The molecule has 7 heteroatoms. The zero-order valence-corrected chi connectivity index (χ0v) is 20.8. The molecule has 7 nitrogen and oxygen atoms in total. The summed E-state index contributed by atoms with van der Waals surface area (Å²) in [4.78, 5) is 56.7. The van der Waals surface area contributed by atoms with E-state index in [0.717, 1.165) is 27.8 Å². The van der Waals surface area contributed by atoms with Gasteiger partial charge >= 0.3 is 0 Å². The van der Waals surface area contributed by atoms with Crippen molar-refractivity contribution in [1.82, 2.24) is 4.98 Å². The lowest BCUT2D eigenvalue weighted by Crippen LogP contribution is -2.19. The van der Waals surface area contributed by atoms with E-state index in [4.69, 9.17) is 0 Å². The number of aromatic nitrogens is 1. The van der Waals surface area contributed by atoms with Gasteiger partial charge in [-0.1, -0.05) is 71.5 Å². The van der Waals surface area contributed by atoms with Gasteiger partial charge in [-0.2, -0.15) is 0 Å². The number of pyridine rings is 1. The number of H-pyrrole nitrogens is 1. The number of carbonyl (C=O) groups is 4. The molecule has 34 heavy (non-hydrogen) atoms. The van der Waals surface area contributed by atoms with Crippen molar-refractivity contribution in [3.8, 4) is 0 Å². The Labute approximate surface area is 200 Å². The van der Waals surface area contributed by atoms with Crippen LogP contribution in [-0.4, -0.2) is 35.5 Å². The molecule has 1 aromatic heterocycles. The highest BCUT2D eigenvalue weighted by molar-refractivity contribution is 6.27. The van der Waals surface area contributed by atoms with Gasteiger partial charge in [0.15, 0.2) is 11.6 Å². The number of nitrogens with one attached hydrogen (secondary N) is 1. The molecule has 3 aromatic rings. The van der Waals surface area contributed by atoms with E-state index in [0.29, 0.717) is 24.5 Å². The first-order chi connectivity index (χ1) is 16.3. The number of aromatic amines is 1. The first-order valence-corrected chi connectivity index (χ1v) is 11.0. The molecule has 0 spiro atoms. The fraction of sp³-hybridized carbons (Fsp3) is 0.259. The lowest BCUT2D eigenvalue weighted by molar-refractivity contribution is -0.114. The van der Waals surface area contributed by atoms with Crippen molar-refractivity contribution >= 4 is 58.6 Å². The molecule has 0 radical (unpaired) electrons. The Bertz CT molecular complexity index is 1150. The summed E-state index contributed by atoms with van der Waals surface area (Å²) in [6.45, 7) is 14.9. The third-order valence-corrected chi connectivity index (χ3v) is 3.77. The topological polar surface area (TPSA) is 114 Å². The molecular formula is C27H34N2O5. The zero-order chi connectivity index (χ0) is 26.5. The van der Waals surface area contributed by atoms with Crippen LogP contribution < -0.4 is 10.9 Å². The molecule has 0 aliphatic heterocycles. The number of nitrogens with zero attached hydrogens (tertiary/aromatic N) is 1. The van der Waals surface area contributed by atoms with Crippen LogP contribution in [0, 0.1) is 0 Å². The Hall–Kier alpha value is -4.00. The van der Waals surface area contributed by atoms with Crippen molar-refractivity contribution in [3.05, 3.63) is 64.3 Å². The number of allylic oxidation sites excluding steroid dienone is 2. The van der Waals surface area contributed by atoms with E-state index in [-0.39, 0.29) is 17.1 Å². The van der Waals surface area contributed by atoms with Crippen LogP contribution in [0.15, 0.2) is 58.3 Å². The van der Waals surface area contributed by atoms with Gasteiger partial charge in [0.2, 0.25) is 6.41 Å². The maximum atomic E-state index is 11.7. The lowest BCUT2D eigenvalue weighted by Gasteiger charge is -2.04. The Morgan fingerprint density at radius 2 is 1.56 bits per heavy atom. The molecule has 0 unspecified atom stereocenters. The highest BCUT2D eigenvalue weighted by atomic mass is 16.1. The van der Waals surface area contributed by atoms with E-state index >= 15 is 0 Å². The Morgan fingerprint density at radius 1 is 1.00 bits per heavy atom. The van der Waals surface area contributed by atoms with Crippen LogP contribution in [0.5, 0.6) is 0 Å². The number of hydrogen-bond acceptors (Lipinski definition) is 5. The number of ketones is 2. The summed E-state index contributed by atoms with van der Waals surface area (Å²) in [5, 5.41) is 4.53. The summed E-state index contributed by atoms with van der Waals surface area (Å²) in [6, 6.07) is 11.7. The van der Waals surface area contributed by atoms with E-state index in [1.165, 1.54) is 19.1 Å². The molecule has 0 saturated heterocycles. The van der Waals surface area contributed by atoms with Crippen LogP contribution in [0.4, 0.5) is 0 Å². The fourth-order valence-corrected chi connectivity index (χ4v) is 2.45. The molecule has 3 rings (SSSR count). The molecular weight excluding hydrogens is 432 g/mol. The minimum atomic E-state index is -0.216. The first kappa shape index (κ1) is 32.2. The second kappa shape index (κ2) is 19.7. The van der Waals surface area contributed by atoms with E-state index in [2.05, 4.69) is 16.6 Å². The summed E-state index contributed by atoms with van der Waals surface area (Å²) in [5.41, 5.74) is -0.0655. The normalized spacial score (nSPS) is 9.47. The Morgan fingerprint density at radius 3 is 2.00 bits per heavy atom. The van der Waals surface area contributed by atoms with E-state index in [1.807, 2.05) is 64.1 Å². The first-order valence-electron chi connectivity index (χ1n) is 11.0. The molecule has 1 heterocycles. The van der Waals surface area contributed by atoms with E-state index in [9.17, 15) is 24.0 Å². The fourth-order valence-electron chi connectivity index (χ4n) is 2.45. The van der Waals surface area contributed by atoms with Gasteiger partial charge in [0.25, 0.3) is 5.56 Å². The molecule has 0 aliphatic carbocycles. The summed E-state index contributed by atoms with van der Waals surface area (Å²) in [5.74, 6) is -0.232. The number of Topliss-reactive ketones (excluding diaryl/α,β-unsaturated/α-hetero) is 1. The largest absolute Gasteiger partial charge is 0.322 e. The molecule has 0 aliphatic rings. The van der Waals surface area contributed by atoms with Gasteiger partial charge in [0, 0.05) is 34.9 Å². The number of carbonyl (C=O) groups excluding carboxylic acids is 4. The van der Waals surface area contributed by atoms with Crippen molar-refractivity contribution in [2.75, 3.05) is 0 Å². The molecule has 1 N–H and O–H groups in total. The standard InChI is InChI=1S/C13H9NO.C6H8O2.C4H5NO2.2C2H6/c1-8-10-6-2-4-9-5-3-7-11(12(9)10)13(15)14-8;1-2-6(8)4-3-5-7;1-4(7)2-5-3-6;2*1-2/h2-7H,1H2,(H,14,15);3-5H,2H2,1H3;2-3H,1H3;2*1-2H3/b;4-3-;;;. The molecule has 0 saturated carbocycles. The molecule has 0 atom stereocenters. The molecule has 182 valence electrons. The third-order valence-electron chi connectivity index (χ3n) is 3.77. The van der Waals surface area contributed by atoms with Crippen LogP contribution in [-0.2, 0) is 19.2 Å². The molecule has 0 bridgehead atoms. The highest BCUT2D eigenvalue weighted by Crippen LogP contribution is 2.20.